The number of phenolic OH excluding ortho intramolecular Hbond substituents is 3. The van der Waals surface area contributed by atoms with Crippen molar-refractivity contribution in [2.24, 2.45) is 0 Å². The van der Waals surface area contributed by atoms with E-state index < -0.39 is 66.9 Å². The van der Waals surface area contributed by atoms with Crippen LogP contribution in [0.4, 0.5) is 0 Å². The molecule has 1 aliphatic rings. The molecule has 1 fully saturated rings. The molecule has 2 aromatic carbocycles. The van der Waals surface area contributed by atoms with Gasteiger partial charge in [-0.05, 0) is 41.5 Å². The van der Waals surface area contributed by atoms with Gasteiger partial charge in [0.25, 0.3) is 0 Å². The van der Waals surface area contributed by atoms with Crippen LogP contribution in [-0.2, 0) is 25.5 Å². The Bertz CT molecular complexity index is 1150. The summed E-state index contributed by atoms with van der Waals surface area (Å²) in [6, 6.07) is 7.52. The fourth-order valence-corrected chi connectivity index (χ4v) is 3.46. The average molecular weight is 522 g/mol. The van der Waals surface area contributed by atoms with E-state index in [0.29, 0.717) is 5.56 Å². The number of esters is 1. The minimum absolute atomic E-state index is 0.211. The largest absolute Gasteiger partial charge is 0.504 e. The zero-order chi connectivity index (χ0) is 27.3. The molecule has 13 nitrogen and oxygen atoms in total. The lowest BCUT2D eigenvalue weighted by Crippen LogP contribution is -2.60. The number of ether oxygens (including phenoxy) is 3. The number of aromatic hydroxyl groups is 3. The number of hydrogen-bond donors (Lipinski definition) is 8. The highest BCUT2D eigenvalue weighted by molar-refractivity contribution is 5.89. The number of aliphatic carboxylic acids is 1. The Labute approximate surface area is 209 Å². The summed E-state index contributed by atoms with van der Waals surface area (Å²) in [4.78, 5) is 23.7. The Morgan fingerprint density at radius 2 is 1.68 bits per heavy atom. The number of benzene rings is 2. The van der Waals surface area contributed by atoms with E-state index in [0.717, 1.165) is 12.1 Å². The van der Waals surface area contributed by atoms with Crippen LogP contribution in [0.15, 0.2) is 42.5 Å². The molecule has 1 aliphatic heterocycles. The highest BCUT2D eigenvalue weighted by Gasteiger charge is 2.44. The number of rotatable bonds is 9. The third kappa shape index (κ3) is 6.87. The number of aliphatic hydroxyl groups excluding tert-OH is 4. The van der Waals surface area contributed by atoms with Gasteiger partial charge in [0.1, 0.15) is 24.4 Å². The maximum Gasteiger partial charge on any atom is 0.345 e. The molecule has 6 unspecified atom stereocenters. The SMILES string of the molecule is O=C(C=Cc1ccc(O)c(O)c1)OC(Cc1ccc(OC2OC(CO)C(O)C(O)C2O)c(O)c1)C(=O)O. The standard InChI is InChI=1S/C24H26O13/c25-10-18-20(30)21(31)22(32)24(37-18)36-16-5-2-12(8-15(16)28)9-17(23(33)34)35-19(29)6-3-11-1-4-13(26)14(27)7-11/h1-8,17-18,20-22,24-28,30-32H,9-10H2,(H,33,34). The summed E-state index contributed by atoms with van der Waals surface area (Å²) in [5.74, 6) is -3.90. The first-order valence-electron chi connectivity index (χ1n) is 10.9. The summed E-state index contributed by atoms with van der Waals surface area (Å²) < 4.78 is 15.5. The van der Waals surface area contributed by atoms with Crippen LogP contribution in [0.3, 0.4) is 0 Å². The zero-order valence-corrected chi connectivity index (χ0v) is 19.1. The van der Waals surface area contributed by atoms with Crippen LogP contribution in [0.5, 0.6) is 23.0 Å². The van der Waals surface area contributed by atoms with Crippen molar-refractivity contribution in [2.75, 3.05) is 6.61 Å². The van der Waals surface area contributed by atoms with Crippen molar-refractivity contribution >= 4 is 18.0 Å². The van der Waals surface area contributed by atoms with Crippen LogP contribution in [0.2, 0.25) is 0 Å². The van der Waals surface area contributed by atoms with Gasteiger partial charge in [-0.1, -0.05) is 12.1 Å². The fourth-order valence-electron chi connectivity index (χ4n) is 3.46. The van der Waals surface area contributed by atoms with Gasteiger partial charge in [-0.25, -0.2) is 9.59 Å². The molecule has 0 aromatic heterocycles. The van der Waals surface area contributed by atoms with E-state index in [1.54, 1.807) is 0 Å². The number of phenols is 3. The second-order valence-corrected chi connectivity index (χ2v) is 8.17. The third-order valence-corrected chi connectivity index (χ3v) is 5.48. The second kappa shape index (κ2) is 11.9. The van der Waals surface area contributed by atoms with E-state index in [2.05, 4.69) is 0 Å². The van der Waals surface area contributed by atoms with Crippen LogP contribution >= 0.6 is 0 Å². The van der Waals surface area contributed by atoms with E-state index in [-0.39, 0.29) is 23.5 Å². The van der Waals surface area contributed by atoms with Gasteiger partial charge in [-0.3, -0.25) is 0 Å². The monoisotopic (exact) mass is 522 g/mol. The van der Waals surface area contributed by atoms with Crippen LogP contribution < -0.4 is 4.74 Å². The topological polar surface area (TPSA) is 224 Å². The summed E-state index contributed by atoms with van der Waals surface area (Å²) in [6.07, 6.45) is -7.50. The quantitative estimate of drug-likeness (QED) is 0.115. The van der Waals surface area contributed by atoms with Crippen molar-refractivity contribution in [3.63, 3.8) is 0 Å². The molecule has 3 rings (SSSR count). The number of carboxylic acid groups (broad SMARTS) is 1. The van der Waals surface area contributed by atoms with E-state index in [4.69, 9.17) is 14.2 Å². The van der Waals surface area contributed by atoms with Crippen molar-refractivity contribution < 1.29 is 64.7 Å². The molecule has 37 heavy (non-hydrogen) atoms. The zero-order valence-electron chi connectivity index (χ0n) is 19.1. The summed E-state index contributed by atoms with van der Waals surface area (Å²) >= 11 is 0. The number of hydrogen-bond acceptors (Lipinski definition) is 12. The second-order valence-electron chi connectivity index (χ2n) is 8.17. The maximum atomic E-state index is 12.1. The van der Waals surface area contributed by atoms with Crippen LogP contribution in [0.1, 0.15) is 11.1 Å². The van der Waals surface area contributed by atoms with Gasteiger partial charge >= 0.3 is 11.9 Å². The van der Waals surface area contributed by atoms with Crippen LogP contribution in [0.25, 0.3) is 6.08 Å². The Kier molecular flexibility index (Phi) is 8.91. The molecule has 13 heteroatoms. The highest BCUT2D eigenvalue weighted by Crippen LogP contribution is 2.32. The smallest absolute Gasteiger partial charge is 0.345 e. The van der Waals surface area contributed by atoms with Crippen molar-refractivity contribution in [1.29, 1.82) is 0 Å². The highest BCUT2D eigenvalue weighted by atomic mass is 16.7. The van der Waals surface area contributed by atoms with Crippen molar-refractivity contribution in [3.8, 4) is 23.0 Å². The van der Waals surface area contributed by atoms with Gasteiger partial charge in [0.2, 0.25) is 12.4 Å². The Morgan fingerprint density at radius 1 is 0.946 bits per heavy atom. The number of carbonyl (C=O) groups is 2. The van der Waals surface area contributed by atoms with Gasteiger partial charge in [0.15, 0.2) is 23.0 Å². The van der Waals surface area contributed by atoms with Gasteiger partial charge < -0.3 is 55.1 Å². The van der Waals surface area contributed by atoms with E-state index in [9.17, 15) is 50.4 Å². The fraction of sp³-hybridized carbons (Fsp3) is 0.333. The first-order valence-corrected chi connectivity index (χ1v) is 10.9. The molecule has 0 spiro atoms. The maximum absolute atomic E-state index is 12.1. The van der Waals surface area contributed by atoms with Crippen molar-refractivity contribution in [1.82, 2.24) is 0 Å². The molecule has 0 radical (unpaired) electrons. The van der Waals surface area contributed by atoms with E-state index in [1.807, 2.05) is 0 Å². The normalized spacial score (nSPS) is 24.5. The molecule has 1 saturated heterocycles. The molecule has 0 saturated carbocycles. The molecular formula is C24H26O13. The molecule has 1 heterocycles. The Hall–Kier alpha value is -3.88. The summed E-state index contributed by atoms with van der Waals surface area (Å²) in [5.41, 5.74) is 0.588. The molecule has 8 N–H and O–H groups in total. The molecule has 6 atom stereocenters. The van der Waals surface area contributed by atoms with Crippen LogP contribution in [-0.4, -0.2) is 96.2 Å². The van der Waals surface area contributed by atoms with Gasteiger partial charge in [-0.15, -0.1) is 0 Å². The van der Waals surface area contributed by atoms with Gasteiger partial charge in [-0.2, -0.15) is 0 Å². The lowest BCUT2D eigenvalue weighted by Gasteiger charge is -2.39. The minimum Gasteiger partial charge on any atom is -0.504 e. The number of carbonyl (C=O) groups excluding carboxylic acids is 1. The Balaban J connectivity index is 1.65. The summed E-state index contributed by atoms with van der Waals surface area (Å²) in [6.45, 7) is -0.669. The van der Waals surface area contributed by atoms with E-state index in [1.165, 1.54) is 36.4 Å². The lowest BCUT2D eigenvalue weighted by molar-refractivity contribution is -0.277. The first kappa shape index (κ1) is 27.7. The van der Waals surface area contributed by atoms with Gasteiger partial charge in [0.05, 0.1) is 6.61 Å². The van der Waals surface area contributed by atoms with Crippen molar-refractivity contribution in [2.45, 2.75) is 43.2 Å². The predicted octanol–water partition coefficient (Wildman–Crippen LogP) is -0.766. The third-order valence-electron chi connectivity index (χ3n) is 5.48. The molecular weight excluding hydrogens is 496 g/mol. The van der Waals surface area contributed by atoms with Crippen molar-refractivity contribution in [3.05, 3.63) is 53.6 Å². The number of aliphatic hydroxyl groups is 4. The van der Waals surface area contributed by atoms with E-state index >= 15 is 0 Å². The Morgan fingerprint density at radius 3 is 2.30 bits per heavy atom. The molecule has 0 aliphatic carbocycles. The average Bonchev–Trinajstić information content (AvgIpc) is 2.86. The lowest BCUT2D eigenvalue weighted by atomic mass is 9.99. The summed E-state index contributed by atoms with van der Waals surface area (Å²) in [5, 5.41) is 77.5. The molecule has 2 aromatic rings. The first-order chi connectivity index (χ1) is 17.5. The van der Waals surface area contributed by atoms with Gasteiger partial charge in [0, 0.05) is 12.5 Å². The minimum atomic E-state index is -1.70. The molecule has 200 valence electrons. The molecule has 0 amide bonds. The van der Waals surface area contributed by atoms with Crippen LogP contribution in [0, 0.1) is 0 Å². The predicted molar refractivity (Wildman–Crippen MR) is 123 cm³/mol. The molecule has 0 bridgehead atoms. The summed E-state index contributed by atoms with van der Waals surface area (Å²) in [7, 11) is 0. The number of carboxylic acids is 1.